The summed E-state index contributed by atoms with van der Waals surface area (Å²) in [5.41, 5.74) is 1.74. The van der Waals surface area contributed by atoms with Crippen LogP contribution in [-0.4, -0.2) is 23.2 Å². The number of hydrogen-bond donors (Lipinski definition) is 1. The number of carbonyl (C=O) groups excluding carboxylic acids is 1. The fraction of sp³-hybridized carbons (Fsp3) is 0.417. The zero-order chi connectivity index (χ0) is 11.6. The summed E-state index contributed by atoms with van der Waals surface area (Å²) in [5, 5.41) is 9.58. The molecule has 0 unspecified atom stereocenters. The minimum Gasteiger partial charge on any atom is -0.286 e. The second-order valence-electron chi connectivity index (χ2n) is 4.66. The Hall–Kier alpha value is -1.35. The fourth-order valence-electron chi connectivity index (χ4n) is 1.30. The van der Waals surface area contributed by atoms with Crippen LogP contribution in [0.15, 0.2) is 24.3 Å². The van der Waals surface area contributed by atoms with Crippen LogP contribution in [0.4, 0.5) is 0 Å². The molecule has 0 bridgehead atoms. The van der Waals surface area contributed by atoms with Gasteiger partial charge in [0, 0.05) is 12.6 Å². The van der Waals surface area contributed by atoms with E-state index in [2.05, 4.69) is 20.8 Å². The molecule has 15 heavy (non-hydrogen) atoms. The van der Waals surface area contributed by atoms with Crippen LogP contribution < -0.4 is 0 Å². The summed E-state index contributed by atoms with van der Waals surface area (Å²) in [5.74, 6) is -0.393. The van der Waals surface area contributed by atoms with Gasteiger partial charge in [-0.15, -0.1) is 0 Å². The zero-order valence-electron chi connectivity index (χ0n) is 9.61. The van der Waals surface area contributed by atoms with Crippen molar-refractivity contribution in [2.75, 3.05) is 7.05 Å². The molecule has 1 N–H and O–H groups in total. The molecule has 1 rings (SSSR count). The Morgan fingerprint density at radius 3 is 2.00 bits per heavy atom. The maximum absolute atomic E-state index is 11.4. The van der Waals surface area contributed by atoms with Crippen molar-refractivity contribution in [2.45, 2.75) is 26.2 Å². The van der Waals surface area contributed by atoms with Crippen LogP contribution in [0.2, 0.25) is 0 Å². The predicted octanol–water partition coefficient (Wildman–Crippen LogP) is 2.45. The maximum Gasteiger partial charge on any atom is 0.276 e. The molecule has 0 radical (unpaired) electrons. The largest absolute Gasteiger partial charge is 0.286 e. The monoisotopic (exact) mass is 207 g/mol. The molecule has 0 aliphatic heterocycles. The highest BCUT2D eigenvalue weighted by atomic mass is 16.5. The molecule has 0 spiro atoms. The van der Waals surface area contributed by atoms with Gasteiger partial charge >= 0.3 is 0 Å². The van der Waals surface area contributed by atoms with Crippen molar-refractivity contribution in [3.63, 3.8) is 0 Å². The average Bonchev–Trinajstić information content (AvgIpc) is 2.15. The standard InChI is InChI=1S/C12H17NO2/c1-12(2,3)10-7-5-9(6-8-10)11(14)13(4)15/h5-8,15H,1-4H3. The smallest absolute Gasteiger partial charge is 0.276 e. The Labute approximate surface area is 90.3 Å². The third kappa shape index (κ3) is 2.80. The number of amides is 1. The van der Waals surface area contributed by atoms with Crippen molar-refractivity contribution in [3.8, 4) is 0 Å². The Bertz CT molecular complexity index is 347. The van der Waals surface area contributed by atoms with Crippen LogP contribution in [0.1, 0.15) is 36.7 Å². The first kappa shape index (κ1) is 11.7. The molecular weight excluding hydrogens is 190 g/mol. The lowest BCUT2D eigenvalue weighted by atomic mass is 9.87. The number of rotatable bonds is 1. The first-order valence-corrected chi connectivity index (χ1v) is 4.90. The minimum atomic E-state index is -0.393. The highest BCUT2D eigenvalue weighted by molar-refractivity contribution is 5.93. The Kier molecular flexibility index (Phi) is 3.15. The number of nitrogens with zero attached hydrogens (tertiary/aromatic N) is 1. The van der Waals surface area contributed by atoms with Gasteiger partial charge in [0.15, 0.2) is 0 Å². The highest BCUT2D eigenvalue weighted by Crippen LogP contribution is 2.22. The molecule has 1 amide bonds. The summed E-state index contributed by atoms with van der Waals surface area (Å²) < 4.78 is 0. The number of carbonyl (C=O) groups is 1. The van der Waals surface area contributed by atoms with Crippen LogP contribution >= 0.6 is 0 Å². The topological polar surface area (TPSA) is 40.5 Å². The molecule has 82 valence electrons. The van der Waals surface area contributed by atoms with Gasteiger partial charge < -0.3 is 0 Å². The van der Waals surface area contributed by atoms with Crippen LogP contribution in [0.25, 0.3) is 0 Å². The van der Waals surface area contributed by atoms with Gasteiger partial charge in [0.2, 0.25) is 0 Å². The molecular formula is C12H17NO2. The average molecular weight is 207 g/mol. The van der Waals surface area contributed by atoms with Gasteiger partial charge in [-0.05, 0) is 23.1 Å². The molecule has 3 heteroatoms. The van der Waals surface area contributed by atoms with E-state index < -0.39 is 5.91 Å². The molecule has 0 heterocycles. The molecule has 0 aliphatic carbocycles. The second-order valence-corrected chi connectivity index (χ2v) is 4.66. The minimum absolute atomic E-state index is 0.0761. The lowest BCUT2D eigenvalue weighted by Crippen LogP contribution is -2.22. The SMILES string of the molecule is CN(O)C(=O)c1ccc(C(C)(C)C)cc1. The van der Waals surface area contributed by atoms with Crippen molar-refractivity contribution >= 4 is 5.91 Å². The fourth-order valence-corrected chi connectivity index (χ4v) is 1.30. The van der Waals surface area contributed by atoms with Gasteiger partial charge in [-0.25, -0.2) is 5.06 Å². The van der Waals surface area contributed by atoms with E-state index >= 15 is 0 Å². The van der Waals surface area contributed by atoms with E-state index in [1.807, 2.05) is 12.1 Å². The number of hydrogen-bond acceptors (Lipinski definition) is 2. The second kappa shape index (κ2) is 4.03. The van der Waals surface area contributed by atoms with E-state index in [-0.39, 0.29) is 5.41 Å². The first-order chi connectivity index (χ1) is 6.82. The third-order valence-electron chi connectivity index (χ3n) is 2.29. The van der Waals surface area contributed by atoms with E-state index in [9.17, 15) is 4.79 Å². The van der Waals surface area contributed by atoms with Gasteiger partial charge in [-0.3, -0.25) is 10.0 Å². The zero-order valence-corrected chi connectivity index (χ0v) is 9.61. The molecule has 0 saturated carbocycles. The number of hydroxylamine groups is 2. The molecule has 0 fully saturated rings. The molecule has 0 aromatic heterocycles. The summed E-state index contributed by atoms with van der Waals surface area (Å²) >= 11 is 0. The van der Waals surface area contributed by atoms with Crippen LogP contribution in [0.5, 0.6) is 0 Å². The maximum atomic E-state index is 11.4. The van der Waals surface area contributed by atoms with Crippen molar-refractivity contribution in [3.05, 3.63) is 35.4 Å². The lowest BCUT2D eigenvalue weighted by Gasteiger charge is -2.19. The Morgan fingerprint density at radius 2 is 1.67 bits per heavy atom. The normalized spacial score (nSPS) is 11.3. The Morgan fingerprint density at radius 1 is 1.20 bits per heavy atom. The van der Waals surface area contributed by atoms with Crippen molar-refractivity contribution < 1.29 is 10.0 Å². The molecule has 3 nitrogen and oxygen atoms in total. The van der Waals surface area contributed by atoms with E-state index in [1.54, 1.807) is 12.1 Å². The third-order valence-corrected chi connectivity index (χ3v) is 2.29. The molecule has 1 aromatic rings. The quantitative estimate of drug-likeness (QED) is 0.567. The van der Waals surface area contributed by atoms with Gasteiger partial charge in [0.05, 0.1) is 0 Å². The molecule has 0 atom stereocenters. The molecule has 0 aliphatic rings. The van der Waals surface area contributed by atoms with E-state index in [1.165, 1.54) is 12.6 Å². The van der Waals surface area contributed by atoms with Crippen LogP contribution in [-0.2, 0) is 5.41 Å². The van der Waals surface area contributed by atoms with Crippen molar-refractivity contribution in [1.29, 1.82) is 0 Å². The van der Waals surface area contributed by atoms with Crippen LogP contribution in [0, 0.1) is 0 Å². The van der Waals surface area contributed by atoms with E-state index in [0.29, 0.717) is 10.6 Å². The summed E-state index contributed by atoms with van der Waals surface area (Å²) in [6.07, 6.45) is 0. The van der Waals surface area contributed by atoms with Crippen LogP contribution in [0.3, 0.4) is 0 Å². The van der Waals surface area contributed by atoms with Gasteiger partial charge in [0.1, 0.15) is 0 Å². The van der Waals surface area contributed by atoms with E-state index in [0.717, 1.165) is 0 Å². The van der Waals surface area contributed by atoms with Gasteiger partial charge in [0.25, 0.3) is 5.91 Å². The number of benzene rings is 1. The van der Waals surface area contributed by atoms with Crippen molar-refractivity contribution in [1.82, 2.24) is 5.06 Å². The summed E-state index contributed by atoms with van der Waals surface area (Å²) in [6, 6.07) is 7.29. The first-order valence-electron chi connectivity index (χ1n) is 4.90. The van der Waals surface area contributed by atoms with Gasteiger partial charge in [-0.1, -0.05) is 32.9 Å². The molecule has 1 aromatic carbocycles. The lowest BCUT2D eigenvalue weighted by molar-refractivity contribution is -0.0374. The van der Waals surface area contributed by atoms with E-state index in [4.69, 9.17) is 5.21 Å². The highest BCUT2D eigenvalue weighted by Gasteiger charge is 2.15. The Balaban J connectivity index is 2.96. The summed E-state index contributed by atoms with van der Waals surface area (Å²) in [6.45, 7) is 6.34. The van der Waals surface area contributed by atoms with Crippen molar-refractivity contribution in [2.24, 2.45) is 0 Å². The van der Waals surface area contributed by atoms with Gasteiger partial charge in [-0.2, -0.15) is 0 Å². The summed E-state index contributed by atoms with van der Waals surface area (Å²) in [7, 11) is 1.32. The molecule has 0 saturated heterocycles. The summed E-state index contributed by atoms with van der Waals surface area (Å²) in [4.78, 5) is 11.4. The predicted molar refractivity (Wildman–Crippen MR) is 59.0 cm³/mol.